The Hall–Kier alpha value is -1.30. The minimum atomic E-state index is -1.08. The van der Waals surface area contributed by atoms with Crippen LogP contribution in [0, 0.1) is 0 Å². The standard InChI is InChI=1S/C11H21NO5/c1-11(2,3)17-10(15)12-8(9(13)14)6-5-7-16-4/h8H,5-7H2,1-4H3,(H,12,15)(H,13,14). The summed E-state index contributed by atoms with van der Waals surface area (Å²) in [5.41, 5.74) is -0.639. The van der Waals surface area contributed by atoms with Gasteiger partial charge in [0.05, 0.1) is 0 Å². The molecule has 1 atom stereocenters. The molecule has 0 fully saturated rings. The lowest BCUT2D eigenvalue weighted by atomic mass is 10.1. The van der Waals surface area contributed by atoms with Gasteiger partial charge in [0.1, 0.15) is 11.6 Å². The molecule has 1 unspecified atom stereocenters. The molecule has 0 aliphatic rings. The van der Waals surface area contributed by atoms with Crippen LogP contribution in [0.5, 0.6) is 0 Å². The second-order valence-corrected chi connectivity index (χ2v) is 4.67. The maximum Gasteiger partial charge on any atom is 0.408 e. The van der Waals surface area contributed by atoms with Crippen molar-refractivity contribution in [1.82, 2.24) is 5.32 Å². The fraction of sp³-hybridized carbons (Fsp3) is 0.818. The number of ether oxygens (including phenoxy) is 2. The summed E-state index contributed by atoms with van der Waals surface area (Å²) >= 11 is 0. The SMILES string of the molecule is COCCCC(NC(=O)OC(C)(C)C)C(=O)O. The number of aliphatic carboxylic acids is 1. The fourth-order valence-electron chi connectivity index (χ4n) is 1.14. The van der Waals surface area contributed by atoms with Crippen molar-refractivity contribution >= 4 is 12.1 Å². The molecule has 0 radical (unpaired) electrons. The monoisotopic (exact) mass is 247 g/mol. The molecule has 0 aromatic rings. The number of carbonyl (C=O) groups excluding carboxylic acids is 1. The Labute approximate surface area is 101 Å². The summed E-state index contributed by atoms with van der Waals surface area (Å²) < 4.78 is 9.80. The highest BCUT2D eigenvalue weighted by molar-refractivity contribution is 5.79. The quantitative estimate of drug-likeness (QED) is 0.693. The number of carboxylic acids is 1. The Morgan fingerprint density at radius 3 is 2.35 bits per heavy atom. The summed E-state index contributed by atoms with van der Waals surface area (Å²) in [4.78, 5) is 22.3. The second kappa shape index (κ2) is 7.11. The smallest absolute Gasteiger partial charge is 0.408 e. The van der Waals surface area contributed by atoms with Gasteiger partial charge in [0, 0.05) is 13.7 Å². The Bertz CT molecular complexity index is 259. The van der Waals surface area contributed by atoms with E-state index in [-0.39, 0.29) is 0 Å². The van der Waals surface area contributed by atoms with Crippen molar-refractivity contribution < 1.29 is 24.2 Å². The molecule has 0 spiro atoms. The van der Waals surface area contributed by atoms with E-state index in [1.54, 1.807) is 20.8 Å². The number of carbonyl (C=O) groups is 2. The Kier molecular flexibility index (Phi) is 6.57. The lowest BCUT2D eigenvalue weighted by molar-refractivity contribution is -0.139. The van der Waals surface area contributed by atoms with Gasteiger partial charge in [-0.1, -0.05) is 0 Å². The van der Waals surface area contributed by atoms with Crippen LogP contribution >= 0.6 is 0 Å². The number of carboxylic acid groups (broad SMARTS) is 1. The molecule has 0 aliphatic heterocycles. The van der Waals surface area contributed by atoms with Gasteiger partial charge in [-0.15, -0.1) is 0 Å². The van der Waals surface area contributed by atoms with Gasteiger partial charge in [-0.3, -0.25) is 0 Å². The molecule has 100 valence electrons. The van der Waals surface area contributed by atoms with Crippen LogP contribution in [0.1, 0.15) is 33.6 Å². The van der Waals surface area contributed by atoms with Gasteiger partial charge in [-0.2, -0.15) is 0 Å². The molecule has 6 heteroatoms. The van der Waals surface area contributed by atoms with Gasteiger partial charge in [0.15, 0.2) is 0 Å². The minimum Gasteiger partial charge on any atom is -0.480 e. The fourth-order valence-corrected chi connectivity index (χ4v) is 1.14. The lowest BCUT2D eigenvalue weighted by Crippen LogP contribution is -2.43. The highest BCUT2D eigenvalue weighted by Gasteiger charge is 2.23. The topological polar surface area (TPSA) is 84.9 Å². The average molecular weight is 247 g/mol. The molecule has 0 heterocycles. The van der Waals surface area contributed by atoms with Crippen molar-refractivity contribution in [2.75, 3.05) is 13.7 Å². The number of nitrogens with one attached hydrogen (secondary N) is 1. The van der Waals surface area contributed by atoms with Gasteiger partial charge in [-0.05, 0) is 33.6 Å². The van der Waals surface area contributed by atoms with Crippen LogP contribution in [0.4, 0.5) is 4.79 Å². The number of alkyl carbamates (subject to hydrolysis) is 1. The zero-order valence-electron chi connectivity index (χ0n) is 10.8. The van der Waals surface area contributed by atoms with Gasteiger partial charge in [0.25, 0.3) is 0 Å². The van der Waals surface area contributed by atoms with E-state index < -0.39 is 23.7 Å². The number of amides is 1. The van der Waals surface area contributed by atoms with E-state index in [9.17, 15) is 9.59 Å². The van der Waals surface area contributed by atoms with Gasteiger partial charge < -0.3 is 19.9 Å². The summed E-state index contributed by atoms with van der Waals surface area (Å²) in [6.45, 7) is 5.60. The average Bonchev–Trinajstić information content (AvgIpc) is 2.13. The van der Waals surface area contributed by atoms with Crippen molar-refractivity contribution in [3.8, 4) is 0 Å². The third-order valence-electron chi connectivity index (χ3n) is 1.83. The maximum atomic E-state index is 11.4. The molecule has 2 N–H and O–H groups in total. The van der Waals surface area contributed by atoms with Crippen molar-refractivity contribution in [3.63, 3.8) is 0 Å². The first-order valence-corrected chi connectivity index (χ1v) is 5.47. The largest absolute Gasteiger partial charge is 0.480 e. The summed E-state index contributed by atoms with van der Waals surface area (Å²) in [6, 6.07) is -0.944. The number of rotatable bonds is 6. The number of methoxy groups -OCH3 is 1. The molecule has 0 aromatic heterocycles. The first-order valence-electron chi connectivity index (χ1n) is 5.47. The third kappa shape index (κ3) is 8.50. The predicted octanol–water partition coefficient (Wildman–Crippen LogP) is 1.39. The normalized spacial score (nSPS) is 12.9. The minimum absolute atomic E-state index is 0.308. The van der Waals surface area contributed by atoms with Crippen molar-refractivity contribution in [2.24, 2.45) is 0 Å². The van der Waals surface area contributed by atoms with Crippen molar-refractivity contribution in [3.05, 3.63) is 0 Å². The van der Waals surface area contributed by atoms with Gasteiger partial charge in [-0.25, -0.2) is 9.59 Å². The van der Waals surface area contributed by atoms with Crippen LogP contribution in [0.3, 0.4) is 0 Å². The summed E-state index contributed by atoms with van der Waals surface area (Å²) in [6.07, 6.45) is 0.147. The molecule has 0 bridgehead atoms. The Balaban J connectivity index is 4.16. The molecule has 1 amide bonds. The van der Waals surface area contributed by atoms with Crippen molar-refractivity contribution in [1.29, 1.82) is 0 Å². The highest BCUT2D eigenvalue weighted by atomic mass is 16.6. The zero-order chi connectivity index (χ0) is 13.5. The van der Waals surface area contributed by atoms with Crippen LogP contribution in [0.15, 0.2) is 0 Å². The van der Waals surface area contributed by atoms with E-state index >= 15 is 0 Å². The summed E-state index contributed by atoms with van der Waals surface area (Å²) in [7, 11) is 1.54. The highest BCUT2D eigenvalue weighted by Crippen LogP contribution is 2.07. The van der Waals surface area contributed by atoms with Gasteiger partial charge in [0.2, 0.25) is 0 Å². The maximum absolute atomic E-state index is 11.4. The second-order valence-electron chi connectivity index (χ2n) is 4.67. The number of hydrogen-bond acceptors (Lipinski definition) is 4. The van der Waals surface area contributed by atoms with Crippen LogP contribution in [-0.4, -0.2) is 42.5 Å². The molecule has 17 heavy (non-hydrogen) atoms. The first-order chi connectivity index (χ1) is 7.76. The van der Waals surface area contributed by atoms with Crippen LogP contribution in [0.2, 0.25) is 0 Å². The molecule has 6 nitrogen and oxygen atoms in total. The van der Waals surface area contributed by atoms with E-state index in [4.69, 9.17) is 14.6 Å². The molecule has 0 rings (SSSR count). The molecule has 0 aliphatic carbocycles. The van der Waals surface area contributed by atoms with E-state index in [1.807, 2.05) is 0 Å². The molecular formula is C11H21NO5. The lowest BCUT2D eigenvalue weighted by Gasteiger charge is -2.21. The Morgan fingerprint density at radius 1 is 1.35 bits per heavy atom. The molecule has 0 saturated heterocycles. The van der Waals surface area contributed by atoms with Gasteiger partial charge >= 0.3 is 12.1 Å². The predicted molar refractivity (Wildman–Crippen MR) is 61.9 cm³/mol. The molecule has 0 saturated carbocycles. The zero-order valence-corrected chi connectivity index (χ0v) is 10.8. The number of hydrogen-bond donors (Lipinski definition) is 2. The summed E-state index contributed by atoms with van der Waals surface area (Å²) in [5.74, 6) is -1.08. The van der Waals surface area contributed by atoms with E-state index in [0.29, 0.717) is 19.4 Å². The van der Waals surface area contributed by atoms with E-state index in [2.05, 4.69) is 5.32 Å². The summed E-state index contributed by atoms with van der Waals surface area (Å²) in [5, 5.41) is 11.2. The Morgan fingerprint density at radius 2 is 1.94 bits per heavy atom. The third-order valence-corrected chi connectivity index (χ3v) is 1.83. The first kappa shape index (κ1) is 15.7. The van der Waals surface area contributed by atoms with Crippen LogP contribution in [0.25, 0.3) is 0 Å². The van der Waals surface area contributed by atoms with Crippen LogP contribution in [-0.2, 0) is 14.3 Å². The molecule has 0 aromatic carbocycles. The van der Waals surface area contributed by atoms with E-state index in [0.717, 1.165) is 0 Å². The van der Waals surface area contributed by atoms with Crippen LogP contribution < -0.4 is 5.32 Å². The molecular weight excluding hydrogens is 226 g/mol. The van der Waals surface area contributed by atoms with E-state index in [1.165, 1.54) is 7.11 Å². The van der Waals surface area contributed by atoms with Crippen molar-refractivity contribution in [2.45, 2.75) is 45.3 Å².